The summed E-state index contributed by atoms with van der Waals surface area (Å²) in [5.41, 5.74) is 8.10. The molecule has 142 valence electrons. The number of nitrogens with one attached hydrogen (secondary N) is 1. The quantitative estimate of drug-likeness (QED) is 0.285. The lowest BCUT2D eigenvalue weighted by molar-refractivity contribution is 0.328. The zero-order chi connectivity index (χ0) is 18.3. The van der Waals surface area contributed by atoms with Gasteiger partial charge in [0.2, 0.25) is 0 Å². The molecule has 0 saturated carbocycles. The Labute approximate surface area is 173 Å². The molecular weight excluding hydrogens is 441 g/mol. The van der Waals surface area contributed by atoms with Gasteiger partial charge in [0.25, 0.3) is 0 Å². The number of hydrogen-bond acceptors (Lipinski definition) is 3. The molecule has 0 aromatic heterocycles. The average molecular weight is 469 g/mol. The van der Waals surface area contributed by atoms with Crippen LogP contribution in [0.1, 0.15) is 26.3 Å². The van der Waals surface area contributed by atoms with Gasteiger partial charge in [-0.25, -0.2) is 4.99 Å². The highest BCUT2D eigenvalue weighted by molar-refractivity contribution is 14.0. The number of aliphatic imine (C=N–C) groups is 1. The van der Waals surface area contributed by atoms with Crippen molar-refractivity contribution in [1.29, 1.82) is 0 Å². The van der Waals surface area contributed by atoms with E-state index in [-0.39, 0.29) is 29.4 Å². The van der Waals surface area contributed by atoms with Crippen LogP contribution in [0.3, 0.4) is 0 Å². The van der Waals surface area contributed by atoms with Crippen molar-refractivity contribution in [2.24, 2.45) is 10.7 Å². The van der Waals surface area contributed by atoms with Gasteiger partial charge in [0.15, 0.2) is 5.96 Å². The number of guanidine groups is 1. The Bertz CT molecular complexity index is 710. The van der Waals surface area contributed by atoms with Gasteiger partial charge in [-0.1, -0.05) is 32.9 Å². The number of nitrogens with two attached hydrogens (primary N) is 1. The van der Waals surface area contributed by atoms with Crippen LogP contribution in [0.5, 0.6) is 11.5 Å². The van der Waals surface area contributed by atoms with Crippen molar-refractivity contribution >= 4 is 35.6 Å². The highest BCUT2D eigenvalue weighted by Crippen LogP contribution is 2.25. The molecule has 0 radical (unpaired) electrons. The van der Waals surface area contributed by atoms with Gasteiger partial charge in [-0.2, -0.15) is 0 Å². The van der Waals surface area contributed by atoms with Crippen molar-refractivity contribution in [3.05, 3.63) is 54.1 Å². The lowest BCUT2D eigenvalue weighted by Gasteiger charge is -2.19. The smallest absolute Gasteiger partial charge is 0.193 e. The lowest BCUT2D eigenvalue weighted by Crippen LogP contribution is -2.23. The summed E-state index contributed by atoms with van der Waals surface area (Å²) < 4.78 is 10.9. The molecule has 0 heterocycles. The van der Waals surface area contributed by atoms with Gasteiger partial charge < -0.3 is 20.5 Å². The number of hydrogen-bond donors (Lipinski definition) is 2. The summed E-state index contributed by atoms with van der Waals surface area (Å²) in [5.74, 6) is 2.01. The molecule has 0 spiro atoms. The minimum absolute atomic E-state index is 0. The molecule has 2 rings (SSSR count). The van der Waals surface area contributed by atoms with Crippen LogP contribution < -0.4 is 20.5 Å². The van der Waals surface area contributed by atoms with Crippen LogP contribution in [0.4, 0.5) is 5.69 Å². The first kappa shape index (κ1) is 22.1. The maximum absolute atomic E-state index is 5.89. The first-order valence-electron chi connectivity index (χ1n) is 8.33. The number of rotatable bonds is 6. The van der Waals surface area contributed by atoms with Crippen LogP contribution in [-0.2, 0) is 5.41 Å². The molecule has 0 unspecified atom stereocenters. The standard InChI is InChI=1S/C20H27N3O2.HI/c1-20(2,3)15-6-5-7-18(14-15)25-13-12-22-19(21)23-16-8-10-17(24-4)11-9-16;/h5-11,14H,12-13H2,1-4H3,(H3,21,22,23);1H. The van der Waals surface area contributed by atoms with Gasteiger partial charge in [0.05, 0.1) is 13.7 Å². The SMILES string of the molecule is COc1ccc(NC(N)=NCCOc2cccc(C(C)(C)C)c2)cc1.I. The zero-order valence-corrected chi connectivity index (χ0v) is 18.1. The highest BCUT2D eigenvalue weighted by Gasteiger charge is 2.13. The maximum Gasteiger partial charge on any atom is 0.193 e. The van der Waals surface area contributed by atoms with Crippen LogP contribution in [0.15, 0.2) is 53.5 Å². The van der Waals surface area contributed by atoms with E-state index in [0.29, 0.717) is 19.1 Å². The van der Waals surface area contributed by atoms with Crippen LogP contribution in [0.25, 0.3) is 0 Å². The molecule has 0 bridgehead atoms. The van der Waals surface area contributed by atoms with Crippen LogP contribution in [0.2, 0.25) is 0 Å². The third-order valence-corrected chi connectivity index (χ3v) is 3.70. The predicted molar refractivity (Wildman–Crippen MR) is 119 cm³/mol. The molecule has 3 N–H and O–H groups in total. The van der Waals surface area contributed by atoms with E-state index in [1.807, 2.05) is 36.4 Å². The largest absolute Gasteiger partial charge is 0.497 e. The van der Waals surface area contributed by atoms with Gasteiger partial charge in [-0.3, -0.25) is 0 Å². The Balaban J connectivity index is 0.00000338. The molecule has 2 aromatic carbocycles. The van der Waals surface area contributed by atoms with Crippen molar-refractivity contribution in [2.75, 3.05) is 25.6 Å². The Morgan fingerprint density at radius 3 is 2.38 bits per heavy atom. The second-order valence-corrected chi connectivity index (χ2v) is 6.75. The monoisotopic (exact) mass is 469 g/mol. The Kier molecular flexibility index (Phi) is 8.71. The molecule has 26 heavy (non-hydrogen) atoms. The number of benzene rings is 2. The Hall–Kier alpha value is -1.96. The minimum Gasteiger partial charge on any atom is -0.497 e. The number of methoxy groups -OCH3 is 1. The number of anilines is 1. The third-order valence-electron chi connectivity index (χ3n) is 3.70. The van der Waals surface area contributed by atoms with Crippen molar-refractivity contribution in [3.8, 4) is 11.5 Å². The van der Waals surface area contributed by atoms with Gasteiger partial charge in [0, 0.05) is 5.69 Å². The predicted octanol–water partition coefficient (Wildman–Crippen LogP) is 4.42. The van der Waals surface area contributed by atoms with E-state index >= 15 is 0 Å². The van der Waals surface area contributed by atoms with Crippen molar-refractivity contribution in [1.82, 2.24) is 0 Å². The van der Waals surface area contributed by atoms with E-state index in [1.54, 1.807) is 7.11 Å². The fourth-order valence-electron chi connectivity index (χ4n) is 2.24. The fraction of sp³-hybridized carbons (Fsp3) is 0.350. The minimum atomic E-state index is 0. The summed E-state index contributed by atoms with van der Waals surface area (Å²) >= 11 is 0. The summed E-state index contributed by atoms with van der Waals surface area (Å²) in [7, 11) is 1.63. The molecule has 0 atom stereocenters. The molecule has 0 aliphatic rings. The van der Waals surface area contributed by atoms with Crippen molar-refractivity contribution in [2.45, 2.75) is 26.2 Å². The molecular formula is C20H28IN3O2. The molecule has 0 amide bonds. The zero-order valence-electron chi connectivity index (χ0n) is 15.8. The Morgan fingerprint density at radius 2 is 1.77 bits per heavy atom. The second kappa shape index (κ2) is 10.3. The third kappa shape index (κ3) is 7.11. The molecule has 0 aliphatic heterocycles. The number of nitrogens with zero attached hydrogens (tertiary/aromatic N) is 1. The summed E-state index contributed by atoms with van der Waals surface area (Å²) in [6, 6.07) is 15.6. The van der Waals surface area contributed by atoms with E-state index in [2.05, 4.69) is 43.2 Å². The summed E-state index contributed by atoms with van der Waals surface area (Å²) in [5, 5.41) is 3.04. The topological polar surface area (TPSA) is 68.9 Å². The normalized spacial score (nSPS) is 11.5. The average Bonchev–Trinajstić information content (AvgIpc) is 2.59. The van der Waals surface area contributed by atoms with Crippen LogP contribution in [-0.4, -0.2) is 26.2 Å². The highest BCUT2D eigenvalue weighted by atomic mass is 127. The lowest BCUT2D eigenvalue weighted by atomic mass is 9.87. The first-order valence-corrected chi connectivity index (χ1v) is 8.33. The molecule has 2 aromatic rings. The number of ether oxygens (including phenoxy) is 2. The molecule has 0 saturated heterocycles. The Morgan fingerprint density at radius 1 is 1.08 bits per heavy atom. The van der Waals surface area contributed by atoms with Gasteiger partial charge >= 0.3 is 0 Å². The van der Waals surface area contributed by atoms with Gasteiger partial charge in [0.1, 0.15) is 18.1 Å². The second-order valence-electron chi connectivity index (χ2n) is 6.75. The maximum atomic E-state index is 5.89. The van der Waals surface area contributed by atoms with Crippen LogP contribution in [0, 0.1) is 0 Å². The first-order chi connectivity index (χ1) is 11.9. The molecule has 0 aliphatic carbocycles. The fourth-order valence-corrected chi connectivity index (χ4v) is 2.24. The molecule has 5 nitrogen and oxygen atoms in total. The van der Waals surface area contributed by atoms with E-state index in [1.165, 1.54) is 5.56 Å². The van der Waals surface area contributed by atoms with Gasteiger partial charge in [-0.05, 0) is 47.4 Å². The van der Waals surface area contributed by atoms with E-state index < -0.39 is 0 Å². The summed E-state index contributed by atoms with van der Waals surface area (Å²) in [6.07, 6.45) is 0. The molecule has 0 fully saturated rings. The summed E-state index contributed by atoms with van der Waals surface area (Å²) in [6.45, 7) is 7.50. The van der Waals surface area contributed by atoms with E-state index in [9.17, 15) is 0 Å². The number of halogens is 1. The summed E-state index contributed by atoms with van der Waals surface area (Å²) in [4.78, 5) is 4.28. The van der Waals surface area contributed by atoms with Crippen molar-refractivity contribution in [3.63, 3.8) is 0 Å². The molecule has 6 heteroatoms. The van der Waals surface area contributed by atoms with E-state index in [0.717, 1.165) is 17.2 Å². The van der Waals surface area contributed by atoms with E-state index in [4.69, 9.17) is 15.2 Å². The van der Waals surface area contributed by atoms with Crippen molar-refractivity contribution < 1.29 is 9.47 Å². The van der Waals surface area contributed by atoms with Gasteiger partial charge in [-0.15, -0.1) is 24.0 Å². The van der Waals surface area contributed by atoms with Crippen LogP contribution >= 0.6 is 24.0 Å².